The Morgan fingerprint density at radius 1 is 0.750 bits per heavy atom. The van der Waals surface area contributed by atoms with Gasteiger partial charge in [-0.1, -0.05) is 30.3 Å². The summed E-state index contributed by atoms with van der Waals surface area (Å²) >= 11 is 0. The van der Waals surface area contributed by atoms with Gasteiger partial charge in [-0.05, 0) is 52.9 Å². The van der Waals surface area contributed by atoms with E-state index in [4.69, 9.17) is 9.84 Å². The van der Waals surface area contributed by atoms with Crippen LogP contribution in [0.2, 0.25) is 0 Å². The Morgan fingerprint density at radius 3 is 1.86 bits per heavy atom. The fourth-order valence-electron chi connectivity index (χ4n) is 6.78. The minimum atomic E-state index is -1.00. The number of rotatable bonds is 9. The Balaban J connectivity index is 1.53. The number of carbonyl (C=O) groups excluding carboxylic acids is 1. The van der Waals surface area contributed by atoms with E-state index in [1.54, 1.807) is 17.4 Å². The van der Waals surface area contributed by atoms with E-state index in [0.717, 1.165) is 91.9 Å². The van der Waals surface area contributed by atoms with Gasteiger partial charge in [-0.25, -0.2) is 5.01 Å². The maximum Gasteiger partial charge on any atom is 0.275 e. The van der Waals surface area contributed by atoms with Gasteiger partial charge < -0.3 is 19.4 Å². The summed E-state index contributed by atoms with van der Waals surface area (Å²) in [6.45, 7) is 15.8. The molecular formula is C35H43N7O2. The van der Waals surface area contributed by atoms with Gasteiger partial charge in [-0.3, -0.25) is 9.80 Å². The number of amides is 1. The monoisotopic (exact) mass is 593 g/mol. The highest BCUT2D eigenvalue weighted by Gasteiger charge is 2.57. The van der Waals surface area contributed by atoms with E-state index < -0.39 is 5.54 Å². The summed E-state index contributed by atoms with van der Waals surface area (Å²) in [5.74, 6) is 1.31. The van der Waals surface area contributed by atoms with E-state index in [9.17, 15) is 4.79 Å². The van der Waals surface area contributed by atoms with E-state index in [-0.39, 0.29) is 5.91 Å². The predicted molar refractivity (Wildman–Crippen MR) is 179 cm³/mol. The number of nitrogens with zero attached hydrogens (tertiary/aromatic N) is 7. The fourth-order valence-corrected chi connectivity index (χ4v) is 6.78. The highest BCUT2D eigenvalue weighted by Crippen LogP contribution is 2.58. The van der Waals surface area contributed by atoms with Crippen molar-refractivity contribution >= 4 is 29.7 Å². The Labute approximate surface area is 261 Å². The topological polar surface area (TPSA) is 67.2 Å². The molecule has 3 heterocycles. The third kappa shape index (κ3) is 4.89. The molecule has 0 atom stereocenters. The van der Waals surface area contributed by atoms with Crippen LogP contribution in [0, 0.1) is 0 Å². The minimum Gasteiger partial charge on any atom is -0.456 e. The zero-order chi connectivity index (χ0) is 30.8. The molecule has 3 aromatic rings. The average molecular weight is 594 g/mol. The smallest absolute Gasteiger partial charge is 0.275 e. The summed E-state index contributed by atoms with van der Waals surface area (Å²) in [7, 11) is 2.12. The second-order valence-corrected chi connectivity index (χ2v) is 11.5. The number of likely N-dealkylation sites (N-methyl/N-ethyl adjacent to an activating group) is 1. The van der Waals surface area contributed by atoms with Crippen molar-refractivity contribution in [2.24, 2.45) is 10.2 Å². The van der Waals surface area contributed by atoms with Crippen molar-refractivity contribution < 1.29 is 9.53 Å². The molecule has 0 N–H and O–H groups in total. The van der Waals surface area contributed by atoms with Crippen molar-refractivity contribution in [1.29, 1.82) is 0 Å². The molecule has 0 bridgehead atoms. The molecule has 0 unspecified atom stereocenters. The number of benzene rings is 3. The Kier molecular flexibility index (Phi) is 8.31. The number of piperazine rings is 1. The van der Waals surface area contributed by atoms with Crippen molar-refractivity contribution in [3.63, 3.8) is 0 Å². The lowest BCUT2D eigenvalue weighted by atomic mass is 9.75. The van der Waals surface area contributed by atoms with Crippen LogP contribution in [0.3, 0.4) is 0 Å². The van der Waals surface area contributed by atoms with E-state index >= 15 is 0 Å². The molecule has 230 valence electrons. The summed E-state index contributed by atoms with van der Waals surface area (Å²) in [5.41, 5.74) is 4.48. The number of hydrazone groups is 2. The molecule has 3 aliphatic heterocycles. The molecule has 1 saturated heterocycles. The minimum absolute atomic E-state index is 0.149. The molecule has 1 amide bonds. The molecule has 0 aliphatic carbocycles. The maximum absolute atomic E-state index is 14.3. The molecule has 9 nitrogen and oxygen atoms in total. The van der Waals surface area contributed by atoms with Gasteiger partial charge in [-0.15, -0.1) is 0 Å². The molecule has 9 heteroatoms. The zero-order valence-corrected chi connectivity index (χ0v) is 26.5. The SMILES string of the molecule is CCN(CC)c1ccc2c(c1)Oc1cc(N(CC)CC)ccc1C21c2ccccc2C(=O)N1/N=C\C=N\N1CCN(C)CC1. The highest BCUT2D eigenvalue weighted by molar-refractivity contribution is 6.16. The predicted octanol–water partition coefficient (Wildman–Crippen LogP) is 5.45. The van der Waals surface area contributed by atoms with Crippen molar-refractivity contribution in [2.75, 3.05) is 69.2 Å². The van der Waals surface area contributed by atoms with Gasteiger partial charge in [0.25, 0.3) is 5.91 Å². The van der Waals surface area contributed by atoms with Crippen molar-refractivity contribution in [3.05, 3.63) is 82.9 Å². The summed E-state index contributed by atoms with van der Waals surface area (Å²) in [4.78, 5) is 21.1. The van der Waals surface area contributed by atoms with Crippen LogP contribution in [0.25, 0.3) is 0 Å². The average Bonchev–Trinajstić information content (AvgIpc) is 3.29. The largest absolute Gasteiger partial charge is 0.456 e. The van der Waals surface area contributed by atoms with E-state index in [1.165, 1.54) is 0 Å². The third-order valence-electron chi connectivity index (χ3n) is 9.20. The fraction of sp³-hybridized carbons (Fsp3) is 0.400. The number of anilines is 2. The second-order valence-electron chi connectivity index (χ2n) is 11.5. The number of carbonyl (C=O) groups is 1. The van der Waals surface area contributed by atoms with Crippen LogP contribution in [0.15, 0.2) is 70.9 Å². The van der Waals surface area contributed by atoms with E-state index in [0.29, 0.717) is 5.56 Å². The van der Waals surface area contributed by atoms with Crippen LogP contribution in [0.1, 0.15) is 54.7 Å². The van der Waals surface area contributed by atoms with Gasteiger partial charge >= 0.3 is 0 Å². The zero-order valence-electron chi connectivity index (χ0n) is 26.5. The first-order valence-corrected chi connectivity index (χ1v) is 15.9. The second kappa shape index (κ2) is 12.3. The number of hydrogen-bond acceptors (Lipinski definition) is 8. The van der Waals surface area contributed by atoms with Gasteiger partial charge in [0.15, 0.2) is 0 Å². The summed E-state index contributed by atoms with van der Waals surface area (Å²) in [5, 5.41) is 13.2. The van der Waals surface area contributed by atoms with Crippen LogP contribution in [-0.4, -0.2) is 92.7 Å². The summed E-state index contributed by atoms with van der Waals surface area (Å²) in [6.07, 6.45) is 3.34. The van der Waals surface area contributed by atoms with Gasteiger partial charge in [0.05, 0.1) is 12.4 Å². The Morgan fingerprint density at radius 2 is 1.30 bits per heavy atom. The van der Waals surface area contributed by atoms with Crippen molar-refractivity contribution in [3.8, 4) is 11.5 Å². The third-order valence-corrected chi connectivity index (χ3v) is 9.20. The Hall–Kier alpha value is -4.37. The van der Waals surface area contributed by atoms with E-state index in [1.807, 2.05) is 23.2 Å². The number of fused-ring (bicyclic) bond motifs is 6. The quantitative estimate of drug-likeness (QED) is 0.308. The lowest BCUT2D eigenvalue weighted by molar-refractivity contribution is 0.0675. The molecule has 6 rings (SSSR count). The molecule has 3 aliphatic rings. The van der Waals surface area contributed by atoms with Gasteiger partial charge in [0, 0.05) is 98.1 Å². The number of hydrogen-bond donors (Lipinski definition) is 0. The summed E-state index contributed by atoms with van der Waals surface area (Å²) in [6, 6.07) is 20.6. The van der Waals surface area contributed by atoms with E-state index in [2.05, 4.69) is 97.0 Å². The standard InChI is InChI=1S/C35H43N7O2/c1-6-39(7-2)26-14-16-30-32(24-26)44-33-25-27(40(8-3)9-4)15-17-31(33)35(30)29-13-11-10-12-28(29)34(43)42(35)37-19-18-36-41-22-20-38(5)21-23-41/h10-19,24-25H,6-9,20-23H2,1-5H3/b36-18+,37-19-. The molecular weight excluding hydrogens is 550 g/mol. The molecule has 0 radical (unpaired) electrons. The molecule has 44 heavy (non-hydrogen) atoms. The molecule has 1 fully saturated rings. The van der Waals surface area contributed by atoms with Crippen LogP contribution in [-0.2, 0) is 5.54 Å². The molecule has 3 aromatic carbocycles. The van der Waals surface area contributed by atoms with Crippen LogP contribution in [0.5, 0.6) is 11.5 Å². The first kappa shape index (κ1) is 29.7. The van der Waals surface area contributed by atoms with Gasteiger partial charge in [0.2, 0.25) is 0 Å². The van der Waals surface area contributed by atoms with Crippen LogP contribution in [0.4, 0.5) is 11.4 Å². The van der Waals surface area contributed by atoms with Gasteiger partial charge in [-0.2, -0.15) is 10.2 Å². The van der Waals surface area contributed by atoms with Crippen molar-refractivity contribution in [1.82, 2.24) is 14.9 Å². The number of ether oxygens (including phenoxy) is 1. The first-order chi connectivity index (χ1) is 21.5. The molecule has 1 spiro atoms. The highest BCUT2D eigenvalue weighted by atomic mass is 16.5. The lowest BCUT2D eigenvalue weighted by Crippen LogP contribution is -2.44. The molecule has 0 saturated carbocycles. The maximum atomic E-state index is 14.3. The summed E-state index contributed by atoms with van der Waals surface area (Å²) < 4.78 is 6.76. The normalized spacial score (nSPS) is 17.2. The van der Waals surface area contributed by atoms with Crippen LogP contribution >= 0.6 is 0 Å². The van der Waals surface area contributed by atoms with Crippen molar-refractivity contribution in [2.45, 2.75) is 33.2 Å². The van der Waals surface area contributed by atoms with Crippen LogP contribution < -0.4 is 14.5 Å². The first-order valence-electron chi connectivity index (χ1n) is 15.9. The Bertz CT molecular complexity index is 1510. The molecule has 0 aromatic heterocycles. The van der Waals surface area contributed by atoms with Gasteiger partial charge in [0.1, 0.15) is 17.0 Å². The lowest BCUT2D eigenvalue weighted by Gasteiger charge is -2.42.